The van der Waals surface area contributed by atoms with Gasteiger partial charge in [-0.15, -0.1) is 0 Å². The monoisotopic (exact) mass is 316 g/mol. The van der Waals surface area contributed by atoms with Crippen molar-refractivity contribution < 1.29 is 13.9 Å². The number of hydrogen-bond donors (Lipinski definition) is 2. The van der Waals surface area contributed by atoms with Crippen LogP contribution in [0.5, 0.6) is 0 Å². The number of esters is 1. The van der Waals surface area contributed by atoms with E-state index in [0.717, 1.165) is 16.8 Å². The lowest BCUT2D eigenvalue weighted by atomic mass is 10.1. The van der Waals surface area contributed by atoms with Crippen LogP contribution in [0.1, 0.15) is 30.5 Å². The van der Waals surface area contributed by atoms with Crippen LogP contribution < -0.4 is 11.1 Å². The normalized spacial score (nSPS) is 11.8. The summed E-state index contributed by atoms with van der Waals surface area (Å²) in [6, 6.07) is 12.0. The van der Waals surface area contributed by atoms with Crippen LogP contribution in [0.3, 0.4) is 0 Å². The molecule has 122 valence electrons. The summed E-state index contributed by atoms with van der Waals surface area (Å²) >= 11 is 0. The second-order valence-electron chi connectivity index (χ2n) is 5.42. The van der Waals surface area contributed by atoms with Crippen LogP contribution in [0.4, 0.5) is 15.8 Å². The fraction of sp³-hybridized carbons (Fsp3) is 0.278. The molecule has 0 spiro atoms. The molecule has 0 unspecified atom stereocenters. The van der Waals surface area contributed by atoms with E-state index in [1.807, 2.05) is 25.1 Å². The molecule has 0 aliphatic carbocycles. The third-order valence-corrected chi connectivity index (χ3v) is 3.70. The van der Waals surface area contributed by atoms with Crippen LogP contribution in [-0.2, 0) is 16.0 Å². The SMILES string of the molecule is COC(=O)CCc1ccc(N[C@H](C)c2ccc(F)cc2)c(N)c1. The average Bonchev–Trinajstić information content (AvgIpc) is 2.55. The Morgan fingerprint density at radius 3 is 2.57 bits per heavy atom. The van der Waals surface area contributed by atoms with Crippen LogP contribution in [0.25, 0.3) is 0 Å². The van der Waals surface area contributed by atoms with E-state index in [-0.39, 0.29) is 17.8 Å². The van der Waals surface area contributed by atoms with Crippen molar-refractivity contribution in [2.75, 3.05) is 18.2 Å². The van der Waals surface area contributed by atoms with Gasteiger partial charge in [0.1, 0.15) is 5.82 Å². The highest BCUT2D eigenvalue weighted by molar-refractivity contribution is 5.70. The van der Waals surface area contributed by atoms with Gasteiger partial charge in [-0.3, -0.25) is 4.79 Å². The molecule has 2 rings (SSSR count). The quantitative estimate of drug-likeness (QED) is 0.630. The molecule has 1 atom stereocenters. The lowest BCUT2D eigenvalue weighted by molar-refractivity contribution is -0.140. The molecular formula is C18H21FN2O2. The highest BCUT2D eigenvalue weighted by Gasteiger charge is 2.09. The van der Waals surface area contributed by atoms with Gasteiger partial charge in [0.25, 0.3) is 0 Å². The summed E-state index contributed by atoms with van der Waals surface area (Å²) in [5, 5.41) is 3.31. The van der Waals surface area contributed by atoms with E-state index in [9.17, 15) is 9.18 Å². The van der Waals surface area contributed by atoms with Crippen molar-refractivity contribution >= 4 is 17.3 Å². The van der Waals surface area contributed by atoms with Crippen LogP contribution in [0, 0.1) is 5.82 Å². The number of methoxy groups -OCH3 is 1. The van der Waals surface area contributed by atoms with E-state index in [1.165, 1.54) is 19.2 Å². The van der Waals surface area contributed by atoms with Crippen LogP contribution in [0.15, 0.2) is 42.5 Å². The molecule has 3 N–H and O–H groups in total. The summed E-state index contributed by atoms with van der Waals surface area (Å²) in [5.74, 6) is -0.494. The number of benzene rings is 2. The van der Waals surface area contributed by atoms with Gasteiger partial charge < -0.3 is 15.8 Å². The molecule has 0 aliphatic rings. The van der Waals surface area contributed by atoms with Crippen molar-refractivity contribution in [3.8, 4) is 0 Å². The van der Waals surface area contributed by atoms with Crippen molar-refractivity contribution in [2.24, 2.45) is 0 Å². The summed E-state index contributed by atoms with van der Waals surface area (Å²) in [7, 11) is 1.38. The topological polar surface area (TPSA) is 64.3 Å². The second kappa shape index (κ2) is 7.63. The number of nitrogen functional groups attached to an aromatic ring is 1. The Balaban J connectivity index is 2.02. The van der Waals surface area contributed by atoms with Gasteiger partial charge in [0.15, 0.2) is 0 Å². The maximum absolute atomic E-state index is 13.0. The van der Waals surface area contributed by atoms with Gasteiger partial charge in [0.05, 0.1) is 18.5 Å². The first-order valence-corrected chi connectivity index (χ1v) is 7.47. The summed E-state index contributed by atoms with van der Waals surface area (Å²) in [4.78, 5) is 11.2. The number of rotatable bonds is 6. The maximum atomic E-state index is 13.0. The fourth-order valence-corrected chi connectivity index (χ4v) is 2.32. The van der Waals surface area contributed by atoms with Crippen LogP contribution >= 0.6 is 0 Å². The van der Waals surface area contributed by atoms with Gasteiger partial charge in [-0.1, -0.05) is 18.2 Å². The standard InChI is InChI=1S/C18H21FN2O2/c1-12(14-5-7-15(19)8-6-14)21-17-9-3-13(11-16(17)20)4-10-18(22)23-2/h3,5-9,11-12,21H,4,10,20H2,1-2H3/t12-/m1/s1. The zero-order valence-corrected chi connectivity index (χ0v) is 13.3. The Morgan fingerprint density at radius 2 is 1.96 bits per heavy atom. The molecule has 0 radical (unpaired) electrons. The third kappa shape index (κ3) is 4.71. The number of ether oxygens (including phenoxy) is 1. The molecule has 0 bridgehead atoms. The Hall–Kier alpha value is -2.56. The van der Waals surface area contributed by atoms with Gasteiger partial charge in [-0.05, 0) is 48.7 Å². The molecule has 0 heterocycles. The molecule has 0 aromatic heterocycles. The molecule has 0 aliphatic heterocycles. The number of halogens is 1. The fourth-order valence-electron chi connectivity index (χ4n) is 2.32. The largest absolute Gasteiger partial charge is 0.469 e. The first kappa shape index (κ1) is 16.8. The lowest BCUT2D eigenvalue weighted by Crippen LogP contribution is -2.09. The zero-order chi connectivity index (χ0) is 16.8. The number of hydrogen-bond acceptors (Lipinski definition) is 4. The first-order chi connectivity index (χ1) is 11.0. The van der Waals surface area contributed by atoms with Crippen molar-refractivity contribution in [3.05, 3.63) is 59.4 Å². The number of aryl methyl sites for hydroxylation is 1. The van der Waals surface area contributed by atoms with Crippen molar-refractivity contribution in [3.63, 3.8) is 0 Å². The number of nitrogens with one attached hydrogen (secondary N) is 1. The average molecular weight is 316 g/mol. The Labute approximate surface area is 135 Å². The van der Waals surface area contributed by atoms with E-state index in [1.54, 1.807) is 12.1 Å². The van der Waals surface area contributed by atoms with E-state index in [2.05, 4.69) is 10.1 Å². The smallest absolute Gasteiger partial charge is 0.305 e. The lowest BCUT2D eigenvalue weighted by Gasteiger charge is -2.18. The van der Waals surface area contributed by atoms with Crippen molar-refractivity contribution in [2.45, 2.75) is 25.8 Å². The number of carbonyl (C=O) groups excluding carboxylic acids is 1. The zero-order valence-electron chi connectivity index (χ0n) is 13.3. The minimum Gasteiger partial charge on any atom is -0.469 e. The Bertz CT molecular complexity index is 671. The van der Waals surface area contributed by atoms with Gasteiger partial charge in [0, 0.05) is 12.5 Å². The Morgan fingerprint density at radius 1 is 1.26 bits per heavy atom. The first-order valence-electron chi connectivity index (χ1n) is 7.47. The molecule has 5 heteroatoms. The van der Waals surface area contributed by atoms with E-state index in [0.29, 0.717) is 18.5 Å². The van der Waals surface area contributed by atoms with Crippen molar-refractivity contribution in [1.82, 2.24) is 0 Å². The minimum atomic E-state index is -0.254. The predicted molar refractivity (Wildman–Crippen MR) is 89.6 cm³/mol. The predicted octanol–water partition coefficient (Wildman–Crippen LogP) is 3.69. The van der Waals surface area contributed by atoms with Gasteiger partial charge in [-0.25, -0.2) is 4.39 Å². The van der Waals surface area contributed by atoms with Crippen LogP contribution in [0.2, 0.25) is 0 Å². The number of anilines is 2. The van der Waals surface area contributed by atoms with E-state index < -0.39 is 0 Å². The summed E-state index contributed by atoms with van der Waals surface area (Å²) in [6.45, 7) is 1.98. The summed E-state index contributed by atoms with van der Waals surface area (Å²) in [6.07, 6.45) is 0.916. The highest BCUT2D eigenvalue weighted by Crippen LogP contribution is 2.25. The van der Waals surface area contributed by atoms with Crippen molar-refractivity contribution in [1.29, 1.82) is 0 Å². The summed E-state index contributed by atoms with van der Waals surface area (Å²) in [5.41, 5.74) is 9.45. The molecule has 2 aromatic rings. The van der Waals surface area contributed by atoms with Gasteiger partial charge in [0.2, 0.25) is 0 Å². The molecule has 0 saturated heterocycles. The molecule has 0 saturated carbocycles. The van der Waals surface area contributed by atoms with E-state index >= 15 is 0 Å². The number of nitrogens with two attached hydrogens (primary N) is 1. The minimum absolute atomic E-state index is 0.00109. The number of carbonyl (C=O) groups is 1. The maximum Gasteiger partial charge on any atom is 0.305 e. The molecule has 4 nitrogen and oxygen atoms in total. The third-order valence-electron chi connectivity index (χ3n) is 3.70. The highest BCUT2D eigenvalue weighted by atomic mass is 19.1. The molecule has 23 heavy (non-hydrogen) atoms. The molecule has 0 fully saturated rings. The molecular weight excluding hydrogens is 295 g/mol. The van der Waals surface area contributed by atoms with Crippen LogP contribution in [-0.4, -0.2) is 13.1 Å². The molecule has 0 amide bonds. The van der Waals surface area contributed by atoms with Gasteiger partial charge in [-0.2, -0.15) is 0 Å². The van der Waals surface area contributed by atoms with E-state index in [4.69, 9.17) is 5.73 Å². The summed E-state index contributed by atoms with van der Waals surface area (Å²) < 4.78 is 17.6. The second-order valence-corrected chi connectivity index (χ2v) is 5.42. The Kier molecular flexibility index (Phi) is 5.57. The molecule has 2 aromatic carbocycles. The van der Waals surface area contributed by atoms with Gasteiger partial charge >= 0.3 is 5.97 Å².